The number of unbranched alkanes of at least 4 members (excludes halogenated alkanes) is 12. The van der Waals surface area contributed by atoms with Crippen molar-refractivity contribution in [1.82, 2.24) is 0 Å². The van der Waals surface area contributed by atoms with E-state index in [1.165, 1.54) is 146 Å². The monoisotopic (exact) mass is 971 g/mol. The van der Waals surface area contributed by atoms with E-state index in [1.807, 2.05) is 0 Å². The van der Waals surface area contributed by atoms with Gasteiger partial charge in [0.05, 0.1) is 74.6 Å². The quantitative estimate of drug-likeness (QED) is 0.0282. The summed E-state index contributed by atoms with van der Waals surface area (Å²) in [5, 5.41) is 0. The topological polar surface area (TPSA) is 114 Å². The number of rotatable bonds is 31. The van der Waals surface area contributed by atoms with Crippen molar-refractivity contribution in [3.05, 3.63) is 107 Å². The zero-order valence-corrected chi connectivity index (χ0v) is 44.3. The fourth-order valence-electron chi connectivity index (χ4n) is 11.9. The third-order valence-corrected chi connectivity index (χ3v) is 17.5. The van der Waals surface area contributed by atoms with Gasteiger partial charge in [0.25, 0.3) is 0 Å². The van der Waals surface area contributed by atoms with Crippen LogP contribution >= 0.6 is 0 Å². The molecule has 0 saturated heterocycles. The Labute approximate surface area is 415 Å². The summed E-state index contributed by atoms with van der Waals surface area (Å²) in [6, 6.07) is 32.7. The molecule has 8 nitrogen and oxygen atoms in total. The highest BCUT2D eigenvalue weighted by molar-refractivity contribution is 7.85. The van der Waals surface area contributed by atoms with Crippen molar-refractivity contribution in [2.75, 3.05) is 65.9 Å². The van der Waals surface area contributed by atoms with Gasteiger partial charge in [-0.15, -0.1) is 0 Å². The summed E-state index contributed by atoms with van der Waals surface area (Å²) >= 11 is 0. The molecule has 0 unspecified atom stereocenters. The second kappa shape index (κ2) is 23.7. The van der Waals surface area contributed by atoms with Crippen molar-refractivity contribution >= 4 is 20.2 Å². The molecule has 4 aromatic carbocycles. The first-order valence-corrected chi connectivity index (χ1v) is 29.5. The van der Waals surface area contributed by atoms with Crippen molar-refractivity contribution in [1.29, 1.82) is 0 Å². The van der Waals surface area contributed by atoms with Crippen LogP contribution in [0.5, 0.6) is 0 Å². The highest BCUT2D eigenvalue weighted by atomic mass is 32.2. The molecule has 0 radical (unpaired) electrons. The molecule has 2 aliphatic rings. The molecule has 0 heterocycles. The van der Waals surface area contributed by atoms with Crippen LogP contribution in [0.3, 0.4) is 0 Å². The lowest BCUT2D eigenvalue weighted by Crippen LogP contribution is -2.47. The molecule has 4 aromatic rings. The zero-order valence-electron chi connectivity index (χ0n) is 44.6. The van der Waals surface area contributed by atoms with Crippen molar-refractivity contribution < 1.29 is 37.8 Å². The van der Waals surface area contributed by atoms with Crippen LogP contribution in [0.1, 0.15) is 167 Å². The third kappa shape index (κ3) is 13.9. The maximum Gasteiger partial charge on any atom is 1.00 e. The number of benzene rings is 4. The van der Waals surface area contributed by atoms with Gasteiger partial charge in [0.2, 0.25) is 0 Å². The molecular weight excluding hydrogens is 885 g/mol. The Morgan fingerprint density at radius 2 is 0.765 bits per heavy atom. The summed E-state index contributed by atoms with van der Waals surface area (Å²) in [4.78, 5) is 0. The molecule has 6 rings (SSSR count). The predicted octanol–water partition coefficient (Wildman–Crippen LogP) is 13.2. The molecule has 0 spiro atoms. The Kier molecular flexibility index (Phi) is 18.8. The number of fused-ring (bicyclic) bond motifs is 6. The molecule has 0 amide bonds. The summed E-state index contributed by atoms with van der Waals surface area (Å²) in [6.45, 7) is 7.83. The standard InChI is InChI=1S/C58H84N2O6S2/c1-7-9-11-13-15-21-35-57(36-22-16-14-12-10-8-2)53-29-19-17-27-49(53)51-33-31-47(45-55(51)57)48-32-34-52-50-28-18-20-30-54(50)58(56(52)46-48,37-41-59(3,4)39-23-25-43-67(61,62)63)38-42-60(5,6)40-24-26-44-68(64,65)66/h17-20,27-34,45-46H,7-16,21-26,35-44H2,1-6H3/p+2. The van der Waals surface area contributed by atoms with Crippen molar-refractivity contribution in [3.8, 4) is 33.4 Å². The Balaban J connectivity index is 0.00000533. The van der Waals surface area contributed by atoms with E-state index in [0.717, 1.165) is 39.0 Å². The van der Waals surface area contributed by atoms with Gasteiger partial charge in [0.1, 0.15) is 0 Å². The van der Waals surface area contributed by atoms with E-state index in [1.54, 1.807) is 0 Å². The molecule has 68 heavy (non-hydrogen) atoms. The Morgan fingerprint density at radius 3 is 1.16 bits per heavy atom. The number of hydrogen-bond donors (Lipinski definition) is 0. The maximum atomic E-state index is 11.4. The first-order chi connectivity index (χ1) is 32.3. The highest BCUT2D eigenvalue weighted by Crippen LogP contribution is 2.57. The van der Waals surface area contributed by atoms with Gasteiger partial charge in [-0.25, -0.2) is 16.8 Å². The second-order valence-electron chi connectivity index (χ2n) is 22.0. The third-order valence-electron chi connectivity index (χ3n) is 15.9. The Morgan fingerprint density at radius 1 is 0.412 bits per heavy atom. The predicted molar refractivity (Wildman–Crippen MR) is 283 cm³/mol. The van der Waals surface area contributed by atoms with E-state index in [2.05, 4.69) is 127 Å². The number of quaternary nitrogens is 2. The fraction of sp³-hybridized carbons (Fsp3) is 0.586. The molecule has 10 heteroatoms. The van der Waals surface area contributed by atoms with E-state index in [-0.39, 0.29) is 25.2 Å². The average Bonchev–Trinajstić information content (AvgIpc) is 3.73. The Bertz CT molecular complexity index is 2440. The van der Waals surface area contributed by atoms with Crippen LogP contribution < -0.4 is 0 Å². The minimum absolute atomic E-state index is 0. The van der Waals surface area contributed by atoms with Crippen molar-refractivity contribution in [2.45, 2.75) is 153 Å². The average molecular weight is 971 g/mol. The van der Waals surface area contributed by atoms with Crippen LogP contribution in [0.15, 0.2) is 84.9 Å². The van der Waals surface area contributed by atoms with Gasteiger partial charge in [-0.05, 0) is 106 Å². The molecule has 0 N–H and O–H groups in total. The lowest BCUT2D eigenvalue weighted by molar-refractivity contribution is -0.893. The van der Waals surface area contributed by atoms with Gasteiger partial charge in [-0.3, -0.25) is 0 Å². The summed E-state index contributed by atoms with van der Waals surface area (Å²) in [6.07, 6.45) is 21.5. The van der Waals surface area contributed by atoms with Crippen LogP contribution in [0, 0.1) is 0 Å². The molecule has 0 aromatic heterocycles. The van der Waals surface area contributed by atoms with Gasteiger partial charge in [0, 0.05) is 35.2 Å². The summed E-state index contributed by atoms with van der Waals surface area (Å²) < 4.78 is 70.0. The summed E-state index contributed by atoms with van der Waals surface area (Å²) in [7, 11) is 0.354. The SMILES string of the molecule is CCCCCCCCC1(CCCCCCCC)c2ccccc2-c2ccc(-c3ccc4c(c3)C(CC[N+](C)(C)CCCCS(=O)(=O)[O-])(CC[N+](C)(C)CCCCS(=O)(=O)[O-])c3ccccc3-4)cc21.[H+].[H+]. The fourth-order valence-corrected chi connectivity index (χ4v) is 13.0. The first-order valence-electron chi connectivity index (χ1n) is 26.3. The molecule has 0 aliphatic heterocycles. The first kappa shape index (κ1) is 54.0. The molecule has 0 fully saturated rings. The van der Waals surface area contributed by atoms with Gasteiger partial charge < -0.3 is 18.1 Å². The van der Waals surface area contributed by atoms with E-state index in [0.29, 0.717) is 34.6 Å². The maximum absolute atomic E-state index is 11.4. The molecule has 374 valence electrons. The van der Waals surface area contributed by atoms with E-state index in [4.69, 9.17) is 0 Å². The van der Waals surface area contributed by atoms with Crippen LogP contribution in [-0.4, -0.2) is 101 Å². The van der Waals surface area contributed by atoms with Gasteiger partial charge in [-0.1, -0.05) is 164 Å². The Hall–Kier alpha value is -3.38. The summed E-state index contributed by atoms with van der Waals surface area (Å²) in [5.41, 5.74) is 13.2. The van der Waals surface area contributed by atoms with E-state index >= 15 is 0 Å². The smallest absolute Gasteiger partial charge is 0.748 e. The van der Waals surface area contributed by atoms with Crippen LogP contribution in [0.4, 0.5) is 0 Å². The molecule has 0 bridgehead atoms. The van der Waals surface area contributed by atoms with E-state index in [9.17, 15) is 25.9 Å². The minimum Gasteiger partial charge on any atom is -0.748 e. The number of hydrogen-bond acceptors (Lipinski definition) is 6. The second-order valence-corrected chi connectivity index (χ2v) is 25.1. The van der Waals surface area contributed by atoms with Crippen LogP contribution in [0.2, 0.25) is 0 Å². The van der Waals surface area contributed by atoms with Crippen molar-refractivity contribution in [3.63, 3.8) is 0 Å². The summed E-state index contributed by atoms with van der Waals surface area (Å²) in [5.74, 6) is -0.662. The van der Waals surface area contributed by atoms with Gasteiger partial charge >= 0.3 is 2.85 Å². The van der Waals surface area contributed by atoms with Crippen molar-refractivity contribution in [2.24, 2.45) is 0 Å². The largest absolute Gasteiger partial charge is 1.00 e. The van der Waals surface area contributed by atoms with Crippen LogP contribution in [-0.2, 0) is 31.1 Å². The molecule has 0 saturated carbocycles. The van der Waals surface area contributed by atoms with Gasteiger partial charge in [-0.2, -0.15) is 0 Å². The molecular formula is C58H86N2O6S2+2. The zero-order chi connectivity index (χ0) is 49.1. The van der Waals surface area contributed by atoms with Crippen LogP contribution in [0.25, 0.3) is 33.4 Å². The molecule has 0 atom stereocenters. The lowest BCUT2D eigenvalue weighted by Gasteiger charge is -2.40. The highest BCUT2D eigenvalue weighted by Gasteiger charge is 2.46. The number of nitrogens with zero attached hydrogens (tertiary/aromatic N) is 2. The lowest BCUT2D eigenvalue weighted by atomic mass is 9.70. The van der Waals surface area contributed by atoms with E-state index < -0.39 is 20.2 Å². The van der Waals surface area contributed by atoms with Gasteiger partial charge in [0.15, 0.2) is 0 Å². The minimum atomic E-state index is -4.25. The normalized spacial score (nSPS) is 15.0. The molecule has 2 aliphatic carbocycles.